The van der Waals surface area contributed by atoms with Gasteiger partial charge in [-0.2, -0.15) is 0 Å². The summed E-state index contributed by atoms with van der Waals surface area (Å²) in [7, 11) is 0. The Morgan fingerprint density at radius 3 is 2.42 bits per heavy atom. The first-order valence-corrected chi connectivity index (χ1v) is 8.73. The third kappa shape index (κ3) is 4.86. The van der Waals surface area contributed by atoms with E-state index in [2.05, 4.69) is 10.2 Å². The number of aliphatic hydroxyl groups is 1. The third-order valence-electron chi connectivity index (χ3n) is 4.61. The maximum Gasteiger partial charge on any atom is 0.254 e. The second-order valence-corrected chi connectivity index (χ2v) is 6.63. The highest BCUT2D eigenvalue weighted by Gasteiger charge is 2.17. The zero-order valence-corrected chi connectivity index (χ0v) is 14.4. The topological polar surface area (TPSA) is 52.6 Å². The lowest BCUT2D eigenvalue weighted by molar-refractivity contribution is 0.0792. The summed E-state index contributed by atoms with van der Waals surface area (Å²) in [5, 5.41) is 12.1. The average Bonchev–Trinajstić information content (AvgIpc) is 2.65. The highest BCUT2D eigenvalue weighted by molar-refractivity contribution is 5.94. The van der Waals surface area contributed by atoms with Crippen LogP contribution in [0.3, 0.4) is 0 Å². The van der Waals surface area contributed by atoms with Crippen molar-refractivity contribution in [3.63, 3.8) is 0 Å². The van der Waals surface area contributed by atoms with Crippen LogP contribution in [0.15, 0.2) is 42.5 Å². The first-order valence-electron chi connectivity index (χ1n) is 8.73. The predicted molar refractivity (Wildman–Crippen MR) is 94.5 cm³/mol. The van der Waals surface area contributed by atoms with Crippen LogP contribution < -0.4 is 5.32 Å². The smallest absolute Gasteiger partial charge is 0.254 e. The van der Waals surface area contributed by atoms with Gasteiger partial charge < -0.3 is 10.4 Å². The largest absolute Gasteiger partial charge is 0.393 e. The highest BCUT2D eigenvalue weighted by Crippen LogP contribution is 2.15. The number of likely N-dealkylation sites (tertiary alicyclic amines) is 1. The Morgan fingerprint density at radius 1 is 1.08 bits per heavy atom. The fraction of sp³-hybridized carbons (Fsp3) is 0.350. The summed E-state index contributed by atoms with van der Waals surface area (Å²) >= 11 is 0. The van der Waals surface area contributed by atoms with Gasteiger partial charge in [0.05, 0.1) is 11.7 Å². The molecule has 3 rings (SSSR count). The van der Waals surface area contributed by atoms with Gasteiger partial charge in [0.25, 0.3) is 5.91 Å². The van der Waals surface area contributed by atoms with E-state index in [0.29, 0.717) is 0 Å². The molecule has 0 spiro atoms. The monoisotopic (exact) mass is 360 g/mol. The highest BCUT2D eigenvalue weighted by atomic mass is 19.1. The average molecular weight is 360 g/mol. The molecule has 26 heavy (non-hydrogen) atoms. The molecule has 1 heterocycles. The number of hydrogen-bond donors (Lipinski definition) is 2. The van der Waals surface area contributed by atoms with E-state index in [0.717, 1.165) is 61.8 Å². The minimum absolute atomic E-state index is 0.180. The third-order valence-corrected chi connectivity index (χ3v) is 4.61. The fourth-order valence-electron chi connectivity index (χ4n) is 3.05. The molecule has 6 heteroatoms. The van der Waals surface area contributed by atoms with E-state index in [1.807, 2.05) is 24.3 Å². The lowest BCUT2D eigenvalue weighted by Gasteiger charge is -2.29. The van der Waals surface area contributed by atoms with Gasteiger partial charge in [-0.3, -0.25) is 9.69 Å². The Balaban J connectivity index is 1.52. The summed E-state index contributed by atoms with van der Waals surface area (Å²) in [6.45, 7) is 2.84. The van der Waals surface area contributed by atoms with Gasteiger partial charge in [0, 0.05) is 26.2 Å². The molecule has 4 nitrogen and oxygen atoms in total. The van der Waals surface area contributed by atoms with E-state index in [9.17, 15) is 18.7 Å². The Kier molecular flexibility index (Phi) is 5.96. The maximum atomic E-state index is 13.6. The van der Waals surface area contributed by atoms with Crippen LogP contribution in [0.4, 0.5) is 8.78 Å². The summed E-state index contributed by atoms with van der Waals surface area (Å²) < 4.78 is 26.8. The Hall–Kier alpha value is -2.31. The molecule has 1 amide bonds. The summed E-state index contributed by atoms with van der Waals surface area (Å²) in [5.41, 5.74) is 1.74. The van der Waals surface area contributed by atoms with Gasteiger partial charge in [-0.25, -0.2) is 8.78 Å². The van der Waals surface area contributed by atoms with Gasteiger partial charge >= 0.3 is 0 Å². The molecule has 0 radical (unpaired) electrons. The number of benzene rings is 2. The van der Waals surface area contributed by atoms with Crippen LogP contribution in [-0.4, -0.2) is 35.1 Å². The van der Waals surface area contributed by atoms with Crippen molar-refractivity contribution in [1.82, 2.24) is 10.2 Å². The predicted octanol–water partition coefficient (Wildman–Crippen LogP) is 2.85. The molecule has 1 saturated heterocycles. The number of aliphatic hydroxyl groups excluding tert-OH is 1. The van der Waals surface area contributed by atoms with Crippen LogP contribution in [0.2, 0.25) is 0 Å². The van der Waals surface area contributed by atoms with Crippen molar-refractivity contribution in [2.24, 2.45) is 0 Å². The molecule has 2 aromatic rings. The van der Waals surface area contributed by atoms with Crippen molar-refractivity contribution in [2.45, 2.75) is 32.0 Å². The van der Waals surface area contributed by atoms with Gasteiger partial charge in [-0.1, -0.05) is 24.3 Å². The molecule has 2 aromatic carbocycles. The molecule has 0 atom stereocenters. The van der Waals surface area contributed by atoms with Gasteiger partial charge in [0.2, 0.25) is 0 Å². The van der Waals surface area contributed by atoms with Crippen molar-refractivity contribution in [3.8, 4) is 0 Å². The summed E-state index contributed by atoms with van der Waals surface area (Å²) in [6, 6.07) is 10.6. The lowest BCUT2D eigenvalue weighted by Crippen LogP contribution is -2.35. The van der Waals surface area contributed by atoms with E-state index in [4.69, 9.17) is 0 Å². The second kappa shape index (κ2) is 8.38. The Morgan fingerprint density at radius 2 is 1.73 bits per heavy atom. The van der Waals surface area contributed by atoms with Crippen molar-refractivity contribution >= 4 is 5.91 Å². The molecule has 0 unspecified atom stereocenters. The molecule has 0 saturated carbocycles. The zero-order chi connectivity index (χ0) is 18.5. The minimum Gasteiger partial charge on any atom is -0.393 e. The first-order chi connectivity index (χ1) is 12.5. The van der Waals surface area contributed by atoms with Crippen molar-refractivity contribution in [1.29, 1.82) is 0 Å². The number of hydrogen-bond acceptors (Lipinski definition) is 3. The quantitative estimate of drug-likeness (QED) is 0.862. The number of amides is 1. The van der Waals surface area contributed by atoms with Crippen LogP contribution in [0.5, 0.6) is 0 Å². The van der Waals surface area contributed by atoms with Crippen molar-refractivity contribution in [2.75, 3.05) is 13.1 Å². The molecule has 138 valence electrons. The Bertz CT molecular complexity index is 757. The van der Waals surface area contributed by atoms with Crippen molar-refractivity contribution < 1.29 is 18.7 Å². The second-order valence-electron chi connectivity index (χ2n) is 6.63. The van der Waals surface area contributed by atoms with Crippen LogP contribution >= 0.6 is 0 Å². The molecule has 0 aromatic heterocycles. The zero-order valence-electron chi connectivity index (χ0n) is 14.4. The van der Waals surface area contributed by atoms with E-state index in [1.165, 1.54) is 0 Å². The van der Waals surface area contributed by atoms with Gasteiger partial charge in [0.15, 0.2) is 0 Å². The van der Waals surface area contributed by atoms with Crippen LogP contribution in [0.1, 0.15) is 34.3 Å². The van der Waals surface area contributed by atoms with E-state index < -0.39 is 17.5 Å². The summed E-state index contributed by atoms with van der Waals surface area (Å²) in [6.07, 6.45) is 1.43. The molecular weight excluding hydrogens is 338 g/mol. The number of carbonyl (C=O) groups excluding carboxylic acids is 1. The van der Waals surface area contributed by atoms with E-state index in [1.54, 1.807) is 0 Å². The number of nitrogens with zero attached hydrogens (tertiary/aromatic N) is 1. The van der Waals surface area contributed by atoms with Gasteiger partial charge in [0.1, 0.15) is 11.6 Å². The first kappa shape index (κ1) is 18.5. The number of piperidine rings is 1. The molecule has 1 fully saturated rings. The SMILES string of the molecule is O=C(NCc1ccc(CN2CCC(O)CC2)cc1)c1cc(F)ccc1F. The van der Waals surface area contributed by atoms with Gasteiger partial charge in [-0.05, 0) is 42.2 Å². The van der Waals surface area contributed by atoms with Crippen LogP contribution in [0, 0.1) is 11.6 Å². The minimum atomic E-state index is -0.745. The number of halogens is 2. The molecule has 1 aliphatic rings. The molecule has 1 aliphatic heterocycles. The van der Waals surface area contributed by atoms with Crippen molar-refractivity contribution in [3.05, 3.63) is 70.8 Å². The summed E-state index contributed by atoms with van der Waals surface area (Å²) in [4.78, 5) is 14.3. The summed E-state index contributed by atoms with van der Waals surface area (Å²) in [5.74, 6) is -2.03. The molecule has 0 aliphatic carbocycles. The Labute approximate surface area is 151 Å². The number of nitrogens with one attached hydrogen (secondary N) is 1. The van der Waals surface area contributed by atoms with Crippen LogP contribution in [0.25, 0.3) is 0 Å². The molecular formula is C20H22F2N2O2. The lowest BCUT2D eigenvalue weighted by atomic mass is 10.1. The standard InChI is InChI=1S/C20H22F2N2O2/c21-16-5-6-19(22)18(11-16)20(26)23-12-14-1-3-15(4-2-14)13-24-9-7-17(25)8-10-24/h1-6,11,17,25H,7-10,12-13H2,(H,23,26). The normalized spacial score (nSPS) is 15.8. The van der Waals surface area contributed by atoms with Crippen LogP contribution in [-0.2, 0) is 13.1 Å². The number of rotatable bonds is 5. The van der Waals surface area contributed by atoms with E-state index >= 15 is 0 Å². The molecule has 2 N–H and O–H groups in total. The molecule has 0 bridgehead atoms. The van der Waals surface area contributed by atoms with Gasteiger partial charge in [-0.15, -0.1) is 0 Å². The fourth-order valence-corrected chi connectivity index (χ4v) is 3.05. The maximum absolute atomic E-state index is 13.6. The number of carbonyl (C=O) groups is 1. The van der Waals surface area contributed by atoms with E-state index in [-0.39, 0.29) is 18.2 Å².